The predicted molar refractivity (Wildman–Crippen MR) is 85.7 cm³/mol. The molecule has 2 aromatic carbocycles. The van der Waals surface area contributed by atoms with Crippen LogP contribution in [0.5, 0.6) is 11.5 Å². The molecule has 0 aromatic heterocycles. The molecular weight excluding hydrogens is 318 g/mol. The van der Waals surface area contributed by atoms with Crippen LogP contribution in [0, 0.1) is 0 Å². The van der Waals surface area contributed by atoms with Gasteiger partial charge >= 0.3 is 0 Å². The van der Waals surface area contributed by atoms with Crippen LogP contribution in [0.2, 0.25) is 0 Å². The molecule has 0 amide bonds. The van der Waals surface area contributed by atoms with E-state index in [1.165, 1.54) is 5.56 Å². The van der Waals surface area contributed by atoms with Crippen molar-refractivity contribution in [3.8, 4) is 11.5 Å². The molecule has 3 nitrogen and oxygen atoms in total. The summed E-state index contributed by atoms with van der Waals surface area (Å²) in [5, 5.41) is 3.45. The van der Waals surface area contributed by atoms with E-state index in [0.29, 0.717) is 0 Å². The van der Waals surface area contributed by atoms with Crippen molar-refractivity contribution in [2.75, 3.05) is 19.5 Å². The van der Waals surface area contributed by atoms with E-state index in [4.69, 9.17) is 9.47 Å². The number of benzene rings is 2. The molecule has 0 aliphatic heterocycles. The monoisotopic (exact) mass is 335 g/mol. The molecule has 1 N–H and O–H groups in total. The molecule has 0 radical (unpaired) electrons. The van der Waals surface area contributed by atoms with Gasteiger partial charge in [-0.05, 0) is 36.8 Å². The molecule has 0 spiro atoms. The van der Waals surface area contributed by atoms with Crippen LogP contribution >= 0.6 is 15.9 Å². The van der Waals surface area contributed by atoms with Crippen molar-refractivity contribution in [2.24, 2.45) is 0 Å². The number of nitrogens with one attached hydrogen (secondary N) is 1. The molecule has 20 heavy (non-hydrogen) atoms. The molecule has 0 saturated carbocycles. The zero-order valence-electron chi connectivity index (χ0n) is 11.8. The maximum absolute atomic E-state index is 5.31. The predicted octanol–water partition coefficient (Wildman–Crippen LogP) is 4.64. The minimum atomic E-state index is 0.209. The van der Waals surface area contributed by atoms with Gasteiger partial charge in [0.05, 0.1) is 14.2 Å². The van der Waals surface area contributed by atoms with Crippen LogP contribution in [0.3, 0.4) is 0 Å². The number of hydrogen-bond acceptors (Lipinski definition) is 3. The zero-order chi connectivity index (χ0) is 14.5. The highest BCUT2D eigenvalue weighted by Gasteiger charge is 2.08. The van der Waals surface area contributed by atoms with Gasteiger partial charge in [-0.25, -0.2) is 0 Å². The van der Waals surface area contributed by atoms with E-state index in [2.05, 4.69) is 40.3 Å². The van der Waals surface area contributed by atoms with Crippen molar-refractivity contribution >= 4 is 21.6 Å². The summed E-state index contributed by atoms with van der Waals surface area (Å²) in [4.78, 5) is 0. The average Bonchev–Trinajstić information content (AvgIpc) is 2.47. The second kappa shape index (κ2) is 6.66. The lowest BCUT2D eigenvalue weighted by Crippen LogP contribution is -2.06. The van der Waals surface area contributed by atoms with Crippen LogP contribution in [-0.4, -0.2) is 14.2 Å². The Kier molecular flexibility index (Phi) is 4.90. The lowest BCUT2D eigenvalue weighted by molar-refractivity contribution is 0.355. The number of halogens is 1. The number of ether oxygens (including phenoxy) is 2. The minimum absolute atomic E-state index is 0.209. The maximum atomic E-state index is 5.31. The molecule has 0 aliphatic carbocycles. The van der Waals surface area contributed by atoms with Gasteiger partial charge in [-0.2, -0.15) is 0 Å². The van der Waals surface area contributed by atoms with Gasteiger partial charge in [0.1, 0.15) is 0 Å². The van der Waals surface area contributed by atoms with Gasteiger partial charge in [-0.15, -0.1) is 0 Å². The van der Waals surface area contributed by atoms with Crippen molar-refractivity contribution in [3.63, 3.8) is 0 Å². The number of hydrogen-bond donors (Lipinski definition) is 1. The minimum Gasteiger partial charge on any atom is -0.493 e. The average molecular weight is 336 g/mol. The number of anilines is 1. The summed E-state index contributed by atoms with van der Waals surface area (Å²) in [5.74, 6) is 1.45. The molecule has 0 heterocycles. The van der Waals surface area contributed by atoms with Gasteiger partial charge in [0.2, 0.25) is 0 Å². The Hall–Kier alpha value is -1.68. The van der Waals surface area contributed by atoms with Gasteiger partial charge in [0.25, 0.3) is 0 Å². The zero-order valence-corrected chi connectivity index (χ0v) is 13.4. The van der Waals surface area contributed by atoms with Crippen LogP contribution < -0.4 is 14.8 Å². The van der Waals surface area contributed by atoms with Crippen molar-refractivity contribution in [3.05, 3.63) is 52.5 Å². The molecule has 0 saturated heterocycles. The largest absolute Gasteiger partial charge is 0.493 e. The molecule has 0 fully saturated rings. The van der Waals surface area contributed by atoms with E-state index in [-0.39, 0.29) is 6.04 Å². The summed E-state index contributed by atoms with van der Waals surface area (Å²) in [6.07, 6.45) is 0. The van der Waals surface area contributed by atoms with E-state index in [0.717, 1.165) is 21.7 Å². The third kappa shape index (κ3) is 3.45. The van der Waals surface area contributed by atoms with Crippen LogP contribution in [0.15, 0.2) is 46.9 Å². The van der Waals surface area contributed by atoms with Gasteiger partial charge in [-0.1, -0.05) is 28.1 Å². The molecule has 2 aromatic rings. The third-order valence-corrected chi connectivity index (χ3v) is 3.67. The summed E-state index contributed by atoms with van der Waals surface area (Å²) in [6, 6.07) is 14.3. The molecule has 0 bridgehead atoms. The molecule has 1 atom stereocenters. The first-order valence-corrected chi connectivity index (χ1v) is 7.17. The topological polar surface area (TPSA) is 30.5 Å². The Morgan fingerprint density at radius 3 is 2.20 bits per heavy atom. The highest BCUT2D eigenvalue weighted by molar-refractivity contribution is 9.10. The quantitative estimate of drug-likeness (QED) is 0.863. The SMILES string of the molecule is COc1ccc(NC(C)c2ccc(Br)cc2)cc1OC. The van der Waals surface area contributed by atoms with Crippen molar-refractivity contribution in [1.82, 2.24) is 0 Å². The fourth-order valence-electron chi connectivity index (χ4n) is 2.01. The van der Waals surface area contributed by atoms with Crippen molar-refractivity contribution in [1.29, 1.82) is 0 Å². The summed E-state index contributed by atoms with van der Waals surface area (Å²) in [5.41, 5.74) is 2.22. The second-order valence-corrected chi connectivity index (χ2v) is 5.40. The Labute approximate surface area is 128 Å². The van der Waals surface area contributed by atoms with Crippen molar-refractivity contribution in [2.45, 2.75) is 13.0 Å². The second-order valence-electron chi connectivity index (χ2n) is 4.49. The molecule has 1 unspecified atom stereocenters. The summed E-state index contributed by atoms with van der Waals surface area (Å²) in [6.45, 7) is 2.12. The van der Waals surface area contributed by atoms with Crippen molar-refractivity contribution < 1.29 is 9.47 Å². The lowest BCUT2D eigenvalue weighted by atomic mass is 10.1. The standard InChI is InChI=1S/C16H18BrNO2/c1-11(12-4-6-13(17)7-5-12)18-14-8-9-15(19-2)16(10-14)20-3/h4-11,18H,1-3H3. The third-order valence-electron chi connectivity index (χ3n) is 3.14. The van der Waals surface area contributed by atoms with E-state index in [1.54, 1.807) is 14.2 Å². The first kappa shape index (κ1) is 14.7. The van der Waals surface area contributed by atoms with Gasteiger partial charge in [0.15, 0.2) is 11.5 Å². The molecule has 4 heteroatoms. The number of methoxy groups -OCH3 is 2. The Bertz CT molecular complexity index is 569. The Morgan fingerprint density at radius 2 is 1.60 bits per heavy atom. The molecular formula is C16H18BrNO2. The van der Waals surface area contributed by atoms with Gasteiger partial charge in [0, 0.05) is 22.3 Å². The van der Waals surface area contributed by atoms with Gasteiger partial charge < -0.3 is 14.8 Å². The highest BCUT2D eigenvalue weighted by Crippen LogP contribution is 2.31. The first-order valence-electron chi connectivity index (χ1n) is 6.38. The summed E-state index contributed by atoms with van der Waals surface area (Å²) < 4.78 is 11.6. The summed E-state index contributed by atoms with van der Waals surface area (Å²) in [7, 11) is 3.27. The fourth-order valence-corrected chi connectivity index (χ4v) is 2.28. The van der Waals surface area contributed by atoms with Gasteiger partial charge in [-0.3, -0.25) is 0 Å². The van der Waals surface area contributed by atoms with E-state index in [9.17, 15) is 0 Å². The lowest BCUT2D eigenvalue weighted by Gasteiger charge is -2.17. The Morgan fingerprint density at radius 1 is 0.950 bits per heavy atom. The van der Waals surface area contributed by atoms with Crippen LogP contribution in [0.25, 0.3) is 0 Å². The summed E-state index contributed by atoms with van der Waals surface area (Å²) >= 11 is 3.45. The van der Waals surface area contributed by atoms with Crippen LogP contribution in [0.1, 0.15) is 18.5 Å². The smallest absolute Gasteiger partial charge is 0.162 e. The Balaban J connectivity index is 2.15. The van der Waals surface area contributed by atoms with E-state index < -0.39 is 0 Å². The molecule has 106 valence electrons. The van der Waals surface area contributed by atoms with Crippen LogP contribution in [-0.2, 0) is 0 Å². The highest BCUT2D eigenvalue weighted by atomic mass is 79.9. The first-order chi connectivity index (χ1) is 9.63. The fraction of sp³-hybridized carbons (Fsp3) is 0.250. The normalized spacial score (nSPS) is 11.8. The maximum Gasteiger partial charge on any atom is 0.162 e. The molecule has 2 rings (SSSR count). The van der Waals surface area contributed by atoms with E-state index >= 15 is 0 Å². The number of rotatable bonds is 5. The van der Waals surface area contributed by atoms with E-state index in [1.807, 2.05) is 30.3 Å². The molecule has 0 aliphatic rings. The van der Waals surface area contributed by atoms with Crippen LogP contribution in [0.4, 0.5) is 5.69 Å².